The van der Waals surface area contributed by atoms with Crippen molar-refractivity contribution in [1.82, 2.24) is 14.5 Å². The molecule has 1 amide bonds. The molecule has 170 valence electrons. The standard InChI is InChI=1S/C22H21N5O4S2/c1-14-19(20-23-12-13-27(20)2)32-22(24-14)25-21(28)15-8-10-16(11-9-15)33(29,30)26-17-6-4-5-7-18(17)31-3/h4-13,26H,1-3H3,(H,24,25,28). The first kappa shape index (κ1) is 22.5. The number of nitrogens with one attached hydrogen (secondary N) is 2. The van der Waals surface area contributed by atoms with Crippen molar-refractivity contribution >= 4 is 38.1 Å². The monoisotopic (exact) mass is 483 g/mol. The van der Waals surface area contributed by atoms with Gasteiger partial charge in [0.2, 0.25) is 0 Å². The first-order chi connectivity index (χ1) is 15.8. The zero-order chi connectivity index (χ0) is 23.6. The average molecular weight is 484 g/mol. The highest BCUT2D eigenvalue weighted by Crippen LogP contribution is 2.31. The van der Waals surface area contributed by atoms with Crippen LogP contribution in [0.3, 0.4) is 0 Å². The predicted molar refractivity (Wildman–Crippen MR) is 127 cm³/mol. The predicted octanol–water partition coefficient (Wildman–Crippen LogP) is 3.91. The molecule has 0 fully saturated rings. The number of aryl methyl sites for hydroxylation is 2. The molecule has 0 bridgehead atoms. The molecule has 2 aromatic heterocycles. The number of carbonyl (C=O) groups excluding carboxylic acids is 1. The SMILES string of the molecule is COc1ccccc1NS(=O)(=O)c1ccc(C(=O)Nc2nc(C)c(-c3nccn3C)s2)cc1. The van der Waals surface area contributed by atoms with E-state index in [0.717, 1.165) is 16.4 Å². The van der Waals surface area contributed by atoms with Gasteiger partial charge in [0.05, 0.1) is 28.3 Å². The van der Waals surface area contributed by atoms with E-state index >= 15 is 0 Å². The van der Waals surface area contributed by atoms with Crippen LogP contribution >= 0.6 is 11.3 Å². The number of anilines is 2. The number of nitrogens with zero attached hydrogens (tertiary/aromatic N) is 3. The number of benzene rings is 2. The highest BCUT2D eigenvalue weighted by Gasteiger charge is 2.19. The Labute approximate surface area is 195 Å². The van der Waals surface area contributed by atoms with Crippen LogP contribution in [-0.4, -0.2) is 36.0 Å². The van der Waals surface area contributed by atoms with E-state index < -0.39 is 15.9 Å². The lowest BCUT2D eigenvalue weighted by Crippen LogP contribution is -2.15. The van der Waals surface area contributed by atoms with Gasteiger partial charge in [-0.1, -0.05) is 23.5 Å². The number of methoxy groups -OCH3 is 1. The smallest absolute Gasteiger partial charge is 0.262 e. The maximum absolute atomic E-state index is 12.7. The molecule has 0 saturated heterocycles. The first-order valence-electron chi connectivity index (χ1n) is 9.81. The molecule has 0 aliphatic carbocycles. The van der Waals surface area contributed by atoms with Gasteiger partial charge in [-0.25, -0.2) is 18.4 Å². The number of aromatic nitrogens is 3. The van der Waals surface area contributed by atoms with Crippen LogP contribution in [0.2, 0.25) is 0 Å². The molecule has 2 heterocycles. The molecule has 0 aliphatic heterocycles. The number of hydrogen-bond acceptors (Lipinski definition) is 7. The number of rotatable bonds is 7. The van der Waals surface area contributed by atoms with Gasteiger partial charge in [-0.05, 0) is 43.3 Å². The Bertz CT molecular complexity index is 1410. The second kappa shape index (κ2) is 9.04. The van der Waals surface area contributed by atoms with E-state index in [1.54, 1.807) is 30.5 Å². The van der Waals surface area contributed by atoms with E-state index in [4.69, 9.17) is 4.74 Å². The zero-order valence-corrected chi connectivity index (χ0v) is 19.7. The van der Waals surface area contributed by atoms with Crippen LogP contribution in [-0.2, 0) is 17.1 Å². The van der Waals surface area contributed by atoms with Gasteiger partial charge >= 0.3 is 0 Å². The normalized spacial score (nSPS) is 11.2. The van der Waals surface area contributed by atoms with E-state index in [-0.39, 0.29) is 4.90 Å². The Hall–Kier alpha value is -3.70. The molecule has 33 heavy (non-hydrogen) atoms. The fourth-order valence-electron chi connectivity index (χ4n) is 3.13. The number of amides is 1. The lowest BCUT2D eigenvalue weighted by atomic mass is 10.2. The molecule has 0 radical (unpaired) electrons. The fourth-order valence-corrected chi connectivity index (χ4v) is 5.20. The van der Waals surface area contributed by atoms with Crippen LogP contribution in [0.4, 0.5) is 10.8 Å². The summed E-state index contributed by atoms with van der Waals surface area (Å²) in [5, 5.41) is 3.20. The maximum atomic E-state index is 12.7. The van der Waals surface area contributed by atoms with Crippen molar-refractivity contribution in [3.05, 3.63) is 72.2 Å². The summed E-state index contributed by atoms with van der Waals surface area (Å²) in [7, 11) is -0.511. The summed E-state index contributed by atoms with van der Waals surface area (Å²) in [6.45, 7) is 1.85. The fraction of sp³-hybridized carbons (Fsp3) is 0.136. The van der Waals surface area contributed by atoms with Crippen LogP contribution in [0.15, 0.2) is 65.8 Å². The first-order valence-corrected chi connectivity index (χ1v) is 12.1. The lowest BCUT2D eigenvalue weighted by Gasteiger charge is -2.12. The van der Waals surface area contributed by atoms with E-state index in [2.05, 4.69) is 20.0 Å². The van der Waals surface area contributed by atoms with E-state index in [1.807, 2.05) is 24.7 Å². The van der Waals surface area contributed by atoms with Gasteiger partial charge in [-0.2, -0.15) is 0 Å². The number of para-hydroxylation sites is 2. The molecule has 0 unspecified atom stereocenters. The summed E-state index contributed by atoms with van der Waals surface area (Å²) in [6.07, 6.45) is 3.54. The van der Waals surface area contributed by atoms with Crippen LogP contribution < -0.4 is 14.8 Å². The van der Waals surface area contributed by atoms with Gasteiger partial charge in [-0.3, -0.25) is 14.8 Å². The van der Waals surface area contributed by atoms with Crippen LogP contribution in [0.5, 0.6) is 5.75 Å². The largest absolute Gasteiger partial charge is 0.495 e. The van der Waals surface area contributed by atoms with Crippen molar-refractivity contribution in [2.24, 2.45) is 7.05 Å². The Morgan fingerprint density at radius 2 is 1.85 bits per heavy atom. The second-order valence-corrected chi connectivity index (χ2v) is 9.76. The van der Waals surface area contributed by atoms with Crippen LogP contribution in [0.25, 0.3) is 10.7 Å². The molecule has 0 aliphatic rings. The molecule has 0 saturated carbocycles. The highest BCUT2D eigenvalue weighted by atomic mass is 32.2. The third-order valence-electron chi connectivity index (χ3n) is 4.82. The number of hydrogen-bond donors (Lipinski definition) is 2. The molecule has 2 aromatic carbocycles. The topological polar surface area (TPSA) is 115 Å². The van der Waals surface area contributed by atoms with E-state index in [9.17, 15) is 13.2 Å². The zero-order valence-electron chi connectivity index (χ0n) is 18.1. The number of sulfonamides is 1. The Kier molecular flexibility index (Phi) is 6.16. The highest BCUT2D eigenvalue weighted by molar-refractivity contribution is 7.92. The summed E-state index contributed by atoms with van der Waals surface area (Å²) in [5.41, 5.74) is 1.38. The summed E-state index contributed by atoms with van der Waals surface area (Å²) >= 11 is 1.32. The Balaban J connectivity index is 1.49. The van der Waals surface area contributed by atoms with Crippen molar-refractivity contribution in [3.8, 4) is 16.5 Å². The minimum atomic E-state index is -3.86. The average Bonchev–Trinajstić information content (AvgIpc) is 3.38. The Morgan fingerprint density at radius 3 is 2.52 bits per heavy atom. The molecule has 4 rings (SSSR count). The Morgan fingerprint density at radius 1 is 1.12 bits per heavy atom. The van der Waals surface area contributed by atoms with Crippen molar-refractivity contribution in [2.75, 3.05) is 17.1 Å². The molecule has 2 N–H and O–H groups in total. The number of carbonyl (C=O) groups is 1. The second-order valence-electron chi connectivity index (χ2n) is 7.08. The minimum Gasteiger partial charge on any atom is -0.495 e. The summed E-state index contributed by atoms with van der Waals surface area (Å²) in [5.74, 6) is 0.778. The van der Waals surface area contributed by atoms with Gasteiger partial charge in [-0.15, -0.1) is 0 Å². The molecule has 0 atom stereocenters. The van der Waals surface area contributed by atoms with Crippen LogP contribution in [0, 0.1) is 6.92 Å². The van der Waals surface area contributed by atoms with Gasteiger partial charge in [0, 0.05) is 25.0 Å². The summed E-state index contributed by atoms with van der Waals surface area (Å²) < 4.78 is 35.0. The van der Waals surface area contributed by atoms with Gasteiger partial charge in [0.25, 0.3) is 15.9 Å². The maximum Gasteiger partial charge on any atom is 0.262 e. The number of imidazole rings is 1. The third kappa shape index (κ3) is 4.73. The van der Waals surface area contributed by atoms with Gasteiger partial charge in [0.1, 0.15) is 5.75 Å². The number of ether oxygens (including phenoxy) is 1. The van der Waals surface area contributed by atoms with E-state index in [1.165, 1.54) is 42.7 Å². The molecular formula is C22H21N5O4S2. The molecular weight excluding hydrogens is 462 g/mol. The summed E-state index contributed by atoms with van der Waals surface area (Å²) in [4.78, 5) is 22.3. The molecule has 9 nitrogen and oxygen atoms in total. The van der Waals surface area contributed by atoms with E-state index in [0.29, 0.717) is 22.1 Å². The van der Waals surface area contributed by atoms with Crippen molar-refractivity contribution in [2.45, 2.75) is 11.8 Å². The van der Waals surface area contributed by atoms with Gasteiger partial charge < -0.3 is 9.30 Å². The molecule has 11 heteroatoms. The van der Waals surface area contributed by atoms with Crippen LogP contribution in [0.1, 0.15) is 16.1 Å². The van der Waals surface area contributed by atoms with Crippen molar-refractivity contribution in [3.63, 3.8) is 0 Å². The summed E-state index contributed by atoms with van der Waals surface area (Å²) in [6, 6.07) is 12.4. The third-order valence-corrected chi connectivity index (χ3v) is 7.27. The quantitative estimate of drug-likeness (QED) is 0.412. The minimum absolute atomic E-state index is 0.0205. The number of thiazole rings is 1. The molecule has 4 aromatic rings. The van der Waals surface area contributed by atoms with Gasteiger partial charge in [0.15, 0.2) is 11.0 Å². The lowest BCUT2D eigenvalue weighted by molar-refractivity contribution is 0.102. The van der Waals surface area contributed by atoms with Crippen molar-refractivity contribution in [1.29, 1.82) is 0 Å². The molecule has 0 spiro atoms. The van der Waals surface area contributed by atoms with Crippen molar-refractivity contribution < 1.29 is 17.9 Å².